The quantitative estimate of drug-likeness (QED) is 0.633. The van der Waals surface area contributed by atoms with E-state index < -0.39 is 22.5 Å². The van der Waals surface area contributed by atoms with Gasteiger partial charge in [-0.15, -0.1) is 11.6 Å². The van der Waals surface area contributed by atoms with Crippen molar-refractivity contribution >= 4 is 29.0 Å². The molecule has 5 heteroatoms. The molecule has 20 heavy (non-hydrogen) atoms. The molecule has 1 aliphatic rings. The fourth-order valence-electron chi connectivity index (χ4n) is 2.51. The molecule has 2 atom stereocenters. The smallest absolute Gasteiger partial charge is 0.169 e. The lowest BCUT2D eigenvalue weighted by Crippen LogP contribution is -2.49. The third-order valence-electron chi connectivity index (χ3n) is 3.69. The van der Waals surface area contributed by atoms with Crippen LogP contribution in [-0.2, 0) is 20.8 Å². The molecule has 4 nitrogen and oxygen atoms in total. The van der Waals surface area contributed by atoms with Crippen LogP contribution in [0.4, 0.5) is 0 Å². The van der Waals surface area contributed by atoms with E-state index >= 15 is 0 Å². The van der Waals surface area contributed by atoms with Gasteiger partial charge in [-0.3, -0.25) is 14.4 Å². The maximum Gasteiger partial charge on any atom is 0.169 e. The van der Waals surface area contributed by atoms with Gasteiger partial charge in [0, 0.05) is 19.3 Å². The Morgan fingerprint density at radius 3 is 2.75 bits per heavy atom. The number of hydrogen-bond acceptors (Lipinski definition) is 4. The number of alkyl halides is 1. The third-order valence-corrected chi connectivity index (χ3v) is 4.50. The molecule has 0 amide bonds. The van der Waals surface area contributed by atoms with Gasteiger partial charge >= 0.3 is 0 Å². The largest absolute Gasteiger partial charge is 0.469 e. The van der Waals surface area contributed by atoms with Crippen LogP contribution < -0.4 is 0 Å². The van der Waals surface area contributed by atoms with Crippen LogP contribution in [0.15, 0.2) is 22.8 Å². The van der Waals surface area contributed by atoms with Gasteiger partial charge < -0.3 is 4.42 Å². The summed E-state index contributed by atoms with van der Waals surface area (Å²) in [5.41, 5.74) is -0.590. The van der Waals surface area contributed by atoms with Crippen molar-refractivity contribution in [3.63, 3.8) is 0 Å². The predicted molar refractivity (Wildman–Crippen MR) is 73.6 cm³/mol. The molecule has 1 aromatic rings. The van der Waals surface area contributed by atoms with Gasteiger partial charge in [-0.05, 0) is 17.5 Å². The molecule has 108 valence electrons. The average Bonchev–Trinajstić information content (AvgIpc) is 2.86. The second-order valence-electron chi connectivity index (χ2n) is 5.88. The molecule has 0 aliphatic heterocycles. The number of rotatable bonds is 4. The number of halogens is 1. The highest BCUT2D eigenvalue weighted by Crippen LogP contribution is 2.38. The molecular weight excluding hydrogens is 280 g/mol. The summed E-state index contributed by atoms with van der Waals surface area (Å²) in [6.45, 7) is 3.54. The van der Waals surface area contributed by atoms with Crippen LogP contribution in [-0.4, -0.2) is 22.7 Å². The van der Waals surface area contributed by atoms with Gasteiger partial charge in [0.05, 0.1) is 11.6 Å². The zero-order valence-corrected chi connectivity index (χ0v) is 12.3. The van der Waals surface area contributed by atoms with E-state index in [1.807, 2.05) is 0 Å². The van der Waals surface area contributed by atoms with E-state index in [0.717, 1.165) is 0 Å². The van der Waals surface area contributed by atoms with Crippen molar-refractivity contribution in [1.82, 2.24) is 0 Å². The van der Waals surface area contributed by atoms with E-state index in [0.29, 0.717) is 12.2 Å². The van der Waals surface area contributed by atoms with Gasteiger partial charge in [0.15, 0.2) is 17.3 Å². The molecule has 1 aromatic heterocycles. The molecule has 0 bridgehead atoms. The fraction of sp³-hybridized carbons (Fsp3) is 0.533. The fourth-order valence-corrected chi connectivity index (χ4v) is 2.72. The molecule has 0 aromatic carbocycles. The molecule has 0 spiro atoms. The Morgan fingerprint density at radius 2 is 2.15 bits per heavy atom. The Hall–Kier alpha value is -1.42. The van der Waals surface area contributed by atoms with Crippen molar-refractivity contribution in [1.29, 1.82) is 0 Å². The standard InChI is InChI=1S/C15H17ClO4/c1-15(2)8-11(18)12(13(19)14(15)16)10(17)6-5-9-4-3-7-20-9/h3-4,7,12,14H,5-6,8H2,1-2H3. The van der Waals surface area contributed by atoms with Crippen molar-refractivity contribution in [3.8, 4) is 0 Å². The lowest BCUT2D eigenvalue weighted by atomic mass is 9.69. The Kier molecular flexibility index (Phi) is 4.14. The van der Waals surface area contributed by atoms with Gasteiger partial charge in [-0.25, -0.2) is 0 Å². The van der Waals surface area contributed by atoms with Gasteiger partial charge in [0.2, 0.25) is 0 Å². The highest BCUT2D eigenvalue weighted by atomic mass is 35.5. The van der Waals surface area contributed by atoms with Crippen LogP contribution in [0.25, 0.3) is 0 Å². The summed E-state index contributed by atoms with van der Waals surface area (Å²) in [5, 5.41) is -0.794. The van der Waals surface area contributed by atoms with Crippen molar-refractivity contribution in [3.05, 3.63) is 24.2 Å². The summed E-state index contributed by atoms with van der Waals surface area (Å²) in [6.07, 6.45) is 2.18. The summed E-state index contributed by atoms with van der Waals surface area (Å²) >= 11 is 6.09. The SMILES string of the molecule is CC1(C)CC(=O)C(C(=O)CCc2ccco2)C(=O)C1Cl. The summed E-state index contributed by atoms with van der Waals surface area (Å²) in [4.78, 5) is 36.3. The first kappa shape index (κ1) is 15.0. The Labute approximate surface area is 122 Å². The Bertz CT molecular complexity index is 530. The number of carbonyl (C=O) groups excluding carboxylic acids is 3. The minimum Gasteiger partial charge on any atom is -0.469 e. The number of aryl methyl sites for hydroxylation is 1. The lowest BCUT2D eigenvalue weighted by molar-refractivity contribution is -0.144. The molecule has 0 radical (unpaired) electrons. The molecule has 1 saturated carbocycles. The first-order valence-corrected chi connectivity index (χ1v) is 7.02. The number of carbonyl (C=O) groups is 3. The van der Waals surface area contributed by atoms with Crippen LogP contribution in [0, 0.1) is 11.3 Å². The van der Waals surface area contributed by atoms with Crippen LogP contribution >= 0.6 is 11.6 Å². The molecule has 1 heterocycles. The highest BCUT2D eigenvalue weighted by molar-refractivity contribution is 6.38. The van der Waals surface area contributed by atoms with E-state index in [1.54, 1.807) is 26.0 Å². The Morgan fingerprint density at radius 1 is 1.45 bits per heavy atom. The van der Waals surface area contributed by atoms with E-state index in [-0.39, 0.29) is 24.4 Å². The van der Waals surface area contributed by atoms with Gasteiger partial charge in [-0.1, -0.05) is 13.8 Å². The summed E-state index contributed by atoms with van der Waals surface area (Å²) in [6, 6.07) is 3.49. The second kappa shape index (κ2) is 5.52. The predicted octanol–water partition coefficient (Wildman–Crippen LogP) is 2.57. The van der Waals surface area contributed by atoms with Gasteiger partial charge in [0.25, 0.3) is 0 Å². The summed E-state index contributed by atoms with van der Waals surface area (Å²) in [7, 11) is 0. The van der Waals surface area contributed by atoms with Gasteiger partial charge in [-0.2, -0.15) is 0 Å². The maximum atomic E-state index is 12.2. The van der Waals surface area contributed by atoms with Crippen molar-refractivity contribution in [2.75, 3.05) is 0 Å². The van der Waals surface area contributed by atoms with Gasteiger partial charge in [0.1, 0.15) is 11.7 Å². The highest BCUT2D eigenvalue weighted by Gasteiger charge is 2.49. The third kappa shape index (κ3) is 2.85. The van der Waals surface area contributed by atoms with Crippen LogP contribution in [0.5, 0.6) is 0 Å². The minimum absolute atomic E-state index is 0.111. The van der Waals surface area contributed by atoms with Crippen molar-refractivity contribution < 1.29 is 18.8 Å². The number of furan rings is 1. The van der Waals surface area contributed by atoms with Crippen molar-refractivity contribution in [2.24, 2.45) is 11.3 Å². The maximum absolute atomic E-state index is 12.2. The van der Waals surface area contributed by atoms with Crippen LogP contribution in [0.1, 0.15) is 32.4 Å². The monoisotopic (exact) mass is 296 g/mol. The van der Waals surface area contributed by atoms with E-state index in [4.69, 9.17) is 16.0 Å². The normalized spacial score (nSPS) is 25.8. The first-order valence-electron chi connectivity index (χ1n) is 6.58. The molecule has 2 rings (SSSR count). The number of Topliss-reactive ketones (excluding diaryl/α,β-unsaturated/α-hetero) is 3. The van der Waals surface area contributed by atoms with E-state index in [9.17, 15) is 14.4 Å². The zero-order valence-electron chi connectivity index (χ0n) is 11.5. The molecule has 1 aliphatic carbocycles. The molecule has 1 fully saturated rings. The topological polar surface area (TPSA) is 64.3 Å². The summed E-state index contributed by atoms with van der Waals surface area (Å²) < 4.78 is 5.13. The number of hydrogen-bond donors (Lipinski definition) is 0. The van der Waals surface area contributed by atoms with E-state index in [1.165, 1.54) is 6.26 Å². The lowest BCUT2D eigenvalue weighted by Gasteiger charge is -2.35. The Balaban J connectivity index is 2.05. The van der Waals surface area contributed by atoms with Crippen molar-refractivity contribution in [2.45, 2.75) is 38.5 Å². The molecule has 2 unspecified atom stereocenters. The van der Waals surface area contributed by atoms with Crippen LogP contribution in [0.3, 0.4) is 0 Å². The molecular formula is C15H17ClO4. The first-order chi connectivity index (χ1) is 9.33. The summed E-state index contributed by atoms with van der Waals surface area (Å²) in [5.74, 6) is -1.67. The second-order valence-corrected chi connectivity index (χ2v) is 6.31. The van der Waals surface area contributed by atoms with E-state index in [2.05, 4.69) is 0 Å². The molecule has 0 N–H and O–H groups in total. The number of ketones is 3. The zero-order chi connectivity index (χ0) is 14.9. The minimum atomic E-state index is -1.19. The average molecular weight is 297 g/mol. The van der Waals surface area contributed by atoms with Crippen LogP contribution in [0.2, 0.25) is 0 Å². The molecule has 0 saturated heterocycles.